The van der Waals surface area contributed by atoms with E-state index in [9.17, 15) is 17.6 Å². The van der Waals surface area contributed by atoms with Gasteiger partial charge in [-0.05, 0) is 68.4 Å². The third-order valence-electron chi connectivity index (χ3n) is 3.96. The normalized spacial score (nSPS) is 12.4. The number of benzene rings is 2. The molecule has 0 radical (unpaired) electrons. The third kappa shape index (κ3) is 5.77. The number of nitrogens with one attached hydrogen (secondary N) is 3. The van der Waals surface area contributed by atoms with Gasteiger partial charge in [0.25, 0.3) is 15.9 Å². The van der Waals surface area contributed by atoms with E-state index in [1.54, 1.807) is 12.1 Å². The Morgan fingerprint density at radius 1 is 1.15 bits per heavy atom. The van der Waals surface area contributed by atoms with Crippen LogP contribution in [0.2, 0.25) is 0 Å². The molecule has 0 aromatic heterocycles. The van der Waals surface area contributed by atoms with Crippen molar-refractivity contribution in [1.82, 2.24) is 10.6 Å². The summed E-state index contributed by atoms with van der Waals surface area (Å²) in [5.74, 6) is -0.698. The predicted molar refractivity (Wildman–Crippen MR) is 104 cm³/mol. The summed E-state index contributed by atoms with van der Waals surface area (Å²) in [7, 11) is -3.84. The zero-order valence-corrected chi connectivity index (χ0v) is 16.4. The summed E-state index contributed by atoms with van der Waals surface area (Å²) in [5, 5.41) is 6.01. The largest absolute Gasteiger partial charge is 0.350 e. The summed E-state index contributed by atoms with van der Waals surface area (Å²) < 4.78 is 40.6. The molecule has 0 heterocycles. The van der Waals surface area contributed by atoms with Crippen molar-refractivity contribution >= 4 is 21.6 Å². The van der Waals surface area contributed by atoms with Gasteiger partial charge in [-0.3, -0.25) is 9.52 Å². The second-order valence-corrected chi connectivity index (χ2v) is 7.94. The molecule has 0 saturated heterocycles. The molecule has 2 aromatic rings. The number of likely N-dealkylation sites (N-methyl/N-ethyl adjacent to an activating group) is 1. The van der Waals surface area contributed by atoms with Crippen LogP contribution in [-0.4, -0.2) is 33.5 Å². The molecular weight excluding hydrogens is 369 g/mol. The lowest BCUT2D eigenvalue weighted by Gasteiger charge is -2.13. The molecule has 2 rings (SSSR count). The average Bonchev–Trinajstić information content (AvgIpc) is 2.62. The molecule has 2 aromatic carbocycles. The van der Waals surface area contributed by atoms with Crippen molar-refractivity contribution in [2.75, 3.05) is 17.8 Å². The molecule has 6 nitrogen and oxygen atoms in total. The first-order valence-corrected chi connectivity index (χ1v) is 10.1. The first-order chi connectivity index (χ1) is 12.7. The van der Waals surface area contributed by atoms with Crippen molar-refractivity contribution in [2.24, 2.45) is 0 Å². The summed E-state index contributed by atoms with van der Waals surface area (Å²) in [6, 6.07) is 9.85. The smallest absolute Gasteiger partial charge is 0.261 e. The highest BCUT2D eigenvalue weighted by Gasteiger charge is 2.16. The van der Waals surface area contributed by atoms with E-state index in [1.165, 1.54) is 31.2 Å². The summed E-state index contributed by atoms with van der Waals surface area (Å²) in [6.07, 6.45) is 0. The first kappa shape index (κ1) is 20.9. The van der Waals surface area contributed by atoms with Crippen LogP contribution in [0, 0.1) is 12.7 Å². The molecule has 3 N–H and O–H groups in total. The fourth-order valence-electron chi connectivity index (χ4n) is 2.46. The summed E-state index contributed by atoms with van der Waals surface area (Å²) in [6.45, 7) is 6.77. The second-order valence-electron chi connectivity index (χ2n) is 6.26. The van der Waals surface area contributed by atoms with E-state index in [4.69, 9.17) is 0 Å². The molecular formula is C19H24FN3O3S. The highest BCUT2D eigenvalue weighted by atomic mass is 32.2. The summed E-state index contributed by atoms with van der Waals surface area (Å²) in [5.41, 5.74) is 0.991. The van der Waals surface area contributed by atoms with Gasteiger partial charge in [0, 0.05) is 23.8 Å². The molecule has 1 amide bonds. The molecule has 8 heteroatoms. The van der Waals surface area contributed by atoms with E-state index in [2.05, 4.69) is 15.4 Å². The van der Waals surface area contributed by atoms with Crippen LogP contribution in [-0.2, 0) is 10.0 Å². The lowest BCUT2D eigenvalue weighted by atomic mass is 10.2. The number of carbonyl (C=O) groups is 1. The van der Waals surface area contributed by atoms with E-state index >= 15 is 0 Å². The van der Waals surface area contributed by atoms with Crippen molar-refractivity contribution in [3.05, 3.63) is 59.4 Å². The number of sulfonamides is 1. The van der Waals surface area contributed by atoms with E-state index in [-0.39, 0.29) is 22.4 Å². The quantitative estimate of drug-likeness (QED) is 0.643. The molecule has 0 aliphatic heterocycles. The lowest BCUT2D eigenvalue weighted by molar-refractivity contribution is 0.0950. The summed E-state index contributed by atoms with van der Waals surface area (Å²) in [4.78, 5) is 12.1. The molecule has 0 aliphatic rings. The topological polar surface area (TPSA) is 87.3 Å². The van der Waals surface area contributed by atoms with Crippen molar-refractivity contribution < 1.29 is 17.6 Å². The van der Waals surface area contributed by atoms with Crippen LogP contribution >= 0.6 is 0 Å². The maximum Gasteiger partial charge on any atom is 0.261 e. The van der Waals surface area contributed by atoms with Gasteiger partial charge in [-0.2, -0.15) is 0 Å². The highest BCUT2D eigenvalue weighted by Crippen LogP contribution is 2.19. The fourth-order valence-corrected chi connectivity index (χ4v) is 3.60. The van der Waals surface area contributed by atoms with Crippen molar-refractivity contribution in [1.29, 1.82) is 0 Å². The van der Waals surface area contributed by atoms with Crippen molar-refractivity contribution in [3.63, 3.8) is 0 Å². The van der Waals surface area contributed by atoms with Crippen LogP contribution in [0.15, 0.2) is 47.4 Å². The number of amides is 1. The Hall–Kier alpha value is -2.45. The molecule has 0 saturated carbocycles. The van der Waals surface area contributed by atoms with Gasteiger partial charge < -0.3 is 10.6 Å². The molecule has 27 heavy (non-hydrogen) atoms. The van der Waals surface area contributed by atoms with Crippen LogP contribution in [0.1, 0.15) is 29.8 Å². The minimum absolute atomic E-state index is 0.0272. The molecule has 0 unspecified atom stereocenters. The lowest BCUT2D eigenvalue weighted by Crippen LogP contribution is -2.38. The predicted octanol–water partition coefficient (Wildman–Crippen LogP) is 2.66. The van der Waals surface area contributed by atoms with E-state index in [1.807, 2.05) is 13.8 Å². The summed E-state index contributed by atoms with van der Waals surface area (Å²) >= 11 is 0. The van der Waals surface area contributed by atoms with Crippen LogP contribution in [0.3, 0.4) is 0 Å². The van der Waals surface area contributed by atoms with Gasteiger partial charge in [0.15, 0.2) is 0 Å². The van der Waals surface area contributed by atoms with Crippen LogP contribution in [0.5, 0.6) is 0 Å². The minimum atomic E-state index is -3.84. The Bertz CT molecular complexity index is 899. The van der Waals surface area contributed by atoms with Gasteiger partial charge in [-0.15, -0.1) is 0 Å². The Balaban J connectivity index is 2.04. The number of rotatable bonds is 8. The SMILES string of the molecule is CCN[C@H](C)CNC(=O)c1ccc(NS(=O)(=O)c2ccc(F)c(C)c2)cc1. The van der Waals surface area contributed by atoms with Gasteiger partial charge in [-0.1, -0.05) is 6.92 Å². The van der Waals surface area contributed by atoms with Gasteiger partial charge in [0.05, 0.1) is 4.90 Å². The number of halogens is 1. The van der Waals surface area contributed by atoms with Gasteiger partial charge in [0.1, 0.15) is 5.82 Å². The molecule has 146 valence electrons. The van der Waals surface area contributed by atoms with Crippen LogP contribution in [0.25, 0.3) is 0 Å². The van der Waals surface area contributed by atoms with Crippen LogP contribution < -0.4 is 15.4 Å². The monoisotopic (exact) mass is 393 g/mol. The van der Waals surface area contributed by atoms with E-state index in [0.717, 1.165) is 12.6 Å². The van der Waals surface area contributed by atoms with E-state index in [0.29, 0.717) is 17.8 Å². The molecule has 0 fully saturated rings. The molecule has 0 aliphatic carbocycles. The van der Waals surface area contributed by atoms with Crippen molar-refractivity contribution in [3.8, 4) is 0 Å². The van der Waals surface area contributed by atoms with Crippen LogP contribution in [0.4, 0.5) is 10.1 Å². The Kier molecular flexibility index (Phi) is 6.92. The minimum Gasteiger partial charge on any atom is -0.350 e. The van der Waals surface area contributed by atoms with Gasteiger partial charge in [-0.25, -0.2) is 12.8 Å². The van der Waals surface area contributed by atoms with E-state index < -0.39 is 15.8 Å². The maximum absolute atomic E-state index is 13.3. The second kappa shape index (κ2) is 8.96. The number of carbonyl (C=O) groups excluding carboxylic acids is 1. The van der Waals surface area contributed by atoms with Gasteiger partial charge >= 0.3 is 0 Å². The Morgan fingerprint density at radius 2 is 1.81 bits per heavy atom. The first-order valence-electron chi connectivity index (χ1n) is 8.63. The number of anilines is 1. The molecule has 1 atom stereocenters. The highest BCUT2D eigenvalue weighted by molar-refractivity contribution is 7.92. The zero-order chi connectivity index (χ0) is 20.0. The number of aryl methyl sites for hydroxylation is 1. The molecule has 0 bridgehead atoms. The average molecular weight is 393 g/mol. The van der Waals surface area contributed by atoms with Gasteiger partial charge in [0.2, 0.25) is 0 Å². The maximum atomic E-state index is 13.3. The third-order valence-corrected chi connectivity index (χ3v) is 5.34. The standard InChI is InChI=1S/C19H24FN3O3S/c1-4-21-14(3)12-22-19(24)15-5-7-16(8-6-15)23-27(25,26)17-9-10-18(20)13(2)11-17/h5-11,14,21,23H,4,12H2,1-3H3,(H,22,24)/t14-/m1/s1. The Labute approximate surface area is 159 Å². The zero-order valence-electron chi connectivity index (χ0n) is 15.5. The van der Waals surface area contributed by atoms with Crippen molar-refractivity contribution in [2.45, 2.75) is 31.7 Å². The number of hydrogen-bond acceptors (Lipinski definition) is 4. The number of hydrogen-bond donors (Lipinski definition) is 3. The Morgan fingerprint density at radius 3 is 2.41 bits per heavy atom. The fraction of sp³-hybridized carbons (Fsp3) is 0.316. The molecule has 0 spiro atoms.